The highest BCUT2D eigenvalue weighted by atomic mass is 32.1. The van der Waals surface area contributed by atoms with Gasteiger partial charge < -0.3 is 5.73 Å². The minimum Gasteiger partial charge on any atom is -0.330 e. The number of rotatable bonds is 6. The van der Waals surface area contributed by atoms with Crippen LogP contribution < -0.4 is 5.73 Å². The Morgan fingerprint density at radius 1 is 1.41 bits per heavy atom. The van der Waals surface area contributed by atoms with Crippen molar-refractivity contribution in [3.63, 3.8) is 0 Å². The maximum atomic E-state index is 5.52. The summed E-state index contributed by atoms with van der Waals surface area (Å²) in [4.78, 5) is 8.82. The third-order valence-corrected chi connectivity index (χ3v) is 4.38. The van der Waals surface area contributed by atoms with Crippen molar-refractivity contribution in [3.8, 4) is 0 Å². The molecule has 0 aliphatic carbocycles. The summed E-state index contributed by atoms with van der Waals surface area (Å²) in [6, 6.07) is 0. The number of unbranched alkanes of at least 4 members (excludes halogenated alkanes) is 1. The first-order chi connectivity index (χ1) is 8.33. The number of hydrogen-bond acceptors (Lipinski definition) is 4. The SMILES string of the molecule is CCCN1CCc2nc(CCCCN)sc2C1. The molecular weight excluding hydrogens is 230 g/mol. The van der Waals surface area contributed by atoms with Gasteiger partial charge in [0.2, 0.25) is 0 Å². The average molecular weight is 253 g/mol. The molecule has 0 fully saturated rings. The molecule has 1 aliphatic rings. The van der Waals surface area contributed by atoms with E-state index >= 15 is 0 Å². The van der Waals surface area contributed by atoms with Gasteiger partial charge in [0, 0.05) is 24.4 Å². The molecule has 0 spiro atoms. The molecule has 1 aliphatic heterocycles. The second-order valence-electron chi connectivity index (χ2n) is 4.75. The molecule has 0 radical (unpaired) electrons. The Kier molecular flexibility index (Phi) is 4.95. The third kappa shape index (κ3) is 3.50. The molecule has 96 valence electrons. The summed E-state index contributed by atoms with van der Waals surface area (Å²) in [5.41, 5.74) is 6.88. The Hall–Kier alpha value is -0.450. The summed E-state index contributed by atoms with van der Waals surface area (Å²) in [5.74, 6) is 0. The first kappa shape index (κ1) is 13.0. The third-order valence-electron chi connectivity index (χ3n) is 3.24. The van der Waals surface area contributed by atoms with E-state index in [9.17, 15) is 0 Å². The zero-order valence-electron chi connectivity index (χ0n) is 10.7. The minimum absolute atomic E-state index is 0.801. The van der Waals surface area contributed by atoms with Crippen molar-refractivity contribution in [2.24, 2.45) is 5.73 Å². The molecule has 0 aromatic carbocycles. The summed E-state index contributed by atoms with van der Waals surface area (Å²) in [7, 11) is 0. The molecule has 1 aromatic heterocycles. The number of nitrogens with zero attached hydrogens (tertiary/aromatic N) is 2. The maximum Gasteiger partial charge on any atom is 0.0931 e. The number of nitrogens with two attached hydrogens (primary N) is 1. The molecule has 4 heteroatoms. The topological polar surface area (TPSA) is 42.2 Å². The second-order valence-corrected chi connectivity index (χ2v) is 5.92. The van der Waals surface area contributed by atoms with Crippen LogP contribution in [-0.2, 0) is 19.4 Å². The first-order valence-electron chi connectivity index (χ1n) is 6.73. The van der Waals surface area contributed by atoms with Crippen molar-refractivity contribution in [3.05, 3.63) is 15.6 Å². The summed E-state index contributed by atoms with van der Waals surface area (Å²) in [6.07, 6.45) is 5.80. The fourth-order valence-electron chi connectivity index (χ4n) is 2.34. The fourth-order valence-corrected chi connectivity index (χ4v) is 3.54. The van der Waals surface area contributed by atoms with Crippen LogP contribution in [0.25, 0.3) is 0 Å². The van der Waals surface area contributed by atoms with Crippen LogP contribution >= 0.6 is 11.3 Å². The van der Waals surface area contributed by atoms with Crippen LogP contribution in [0.5, 0.6) is 0 Å². The Balaban J connectivity index is 1.92. The van der Waals surface area contributed by atoms with E-state index in [1.807, 2.05) is 11.3 Å². The molecule has 2 rings (SSSR count). The average Bonchev–Trinajstić information content (AvgIpc) is 2.72. The van der Waals surface area contributed by atoms with Crippen molar-refractivity contribution in [2.75, 3.05) is 19.6 Å². The van der Waals surface area contributed by atoms with Crippen LogP contribution in [0.4, 0.5) is 0 Å². The predicted molar refractivity (Wildman–Crippen MR) is 73.4 cm³/mol. The number of aromatic nitrogens is 1. The van der Waals surface area contributed by atoms with Crippen molar-refractivity contribution < 1.29 is 0 Å². The van der Waals surface area contributed by atoms with Crippen LogP contribution in [-0.4, -0.2) is 29.5 Å². The highest BCUT2D eigenvalue weighted by Crippen LogP contribution is 2.26. The Morgan fingerprint density at radius 3 is 3.06 bits per heavy atom. The molecule has 3 nitrogen and oxygen atoms in total. The predicted octanol–water partition coefficient (Wildman–Crippen LogP) is 2.19. The maximum absolute atomic E-state index is 5.52. The van der Waals surface area contributed by atoms with E-state index in [1.165, 1.54) is 41.5 Å². The van der Waals surface area contributed by atoms with Gasteiger partial charge in [-0.15, -0.1) is 11.3 Å². The highest BCUT2D eigenvalue weighted by molar-refractivity contribution is 7.11. The molecule has 0 saturated heterocycles. The second kappa shape index (κ2) is 6.47. The van der Waals surface area contributed by atoms with E-state index in [0.717, 1.165) is 32.4 Å². The van der Waals surface area contributed by atoms with Gasteiger partial charge in [0.1, 0.15) is 0 Å². The Morgan fingerprint density at radius 2 is 2.29 bits per heavy atom. The largest absolute Gasteiger partial charge is 0.330 e. The summed E-state index contributed by atoms with van der Waals surface area (Å²) >= 11 is 1.92. The van der Waals surface area contributed by atoms with Crippen molar-refractivity contribution in [1.29, 1.82) is 0 Å². The molecule has 17 heavy (non-hydrogen) atoms. The molecule has 0 saturated carbocycles. The number of thiazole rings is 1. The molecule has 0 atom stereocenters. The van der Waals surface area contributed by atoms with Crippen LogP contribution in [0, 0.1) is 0 Å². The van der Waals surface area contributed by atoms with E-state index in [2.05, 4.69) is 11.8 Å². The van der Waals surface area contributed by atoms with Gasteiger partial charge in [0.05, 0.1) is 10.7 Å². The van der Waals surface area contributed by atoms with E-state index in [4.69, 9.17) is 10.7 Å². The van der Waals surface area contributed by atoms with Gasteiger partial charge in [0.15, 0.2) is 0 Å². The number of hydrogen-bond donors (Lipinski definition) is 1. The highest BCUT2D eigenvalue weighted by Gasteiger charge is 2.19. The molecule has 0 amide bonds. The molecular formula is C13H23N3S. The van der Waals surface area contributed by atoms with Crippen LogP contribution in [0.15, 0.2) is 0 Å². The molecule has 0 unspecified atom stereocenters. The molecule has 2 N–H and O–H groups in total. The lowest BCUT2D eigenvalue weighted by Crippen LogP contribution is -2.30. The van der Waals surface area contributed by atoms with E-state index in [0.29, 0.717) is 0 Å². The van der Waals surface area contributed by atoms with Gasteiger partial charge in [-0.05, 0) is 38.8 Å². The summed E-state index contributed by atoms with van der Waals surface area (Å²) in [5, 5.41) is 1.32. The number of aryl methyl sites for hydroxylation is 1. The van der Waals surface area contributed by atoms with Gasteiger partial charge >= 0.3 is 0 Å². The van der Waals surface area contributed by atoms with Crippen molar-refractivity contribution >= 4 is 11.3 Å². The Labute approximate surface area is 108 Å². The Bertz CT molecular complexity index is 348. The minimum atomic E-state index is 0.801. The lowest BCUT2D eigenvalue weighted by Gasteiger charge is -2.25. The zero-order chi connectivity index (χ0) is 12.1. The monoisotopic (exact) mass is 253 g/mol. The van der Waals surface area contributed by atoms with Crippen LogP contribution in [0.2, 0.25) is 0 Å². The van der Waals surface area contributed by atoms with Gasteiger partial charge in [-0.1, -0.05) is 6.92 Å². The van der Waals surface area contributed by atoms with Gasteiger partial charge in [-0.2, -0.15) is 0 Å². The normalized spacial score (nSPS) is 16.1. The van der Waals surface area contributed by atoms with E-state index in [-0.39, 0.29) is 0 Å². The summed E-state index contributed by atoms with van der Waals surface area (Å²) in [6.45, 7) is 6.58. The molecule has 0 bridgehead atoms. The van der Waals surface area contributed by atoms with Gasteiger partial charge in [0.25, 0.3) is 0 Å². The lowest BCUT2D eigenvalue weighted by molar-refractivity contribution is 0.256. The molecule has 1 aromatic rings. The number of fused-ring (bicyclic) bond motifs is 1. The standard InChI is InChI=1S/C13H23N3S/c1-2-8-16-9-6-11-12(10-16)17-13(15-11)5-3-4-7-14/h2-10,14H2,1H3. The van der Waals surface area contributed by atoms with Crippen molar-refractivity contribution in [1.82, 2.24) is 9.88 Å². The van der Waals surface area contributed by atoms with E-state index in [1.54, 1.807) is 0 Å². The zero-order valence-corrected chi connectivity index (χ0v) is 11.6. The summed E-state index contributed by atoms with van der Waals surface area (Å²) < 4.78 is 0. The van der Waals surface area contributed by atoms with Crippen LogP contribution in [0.1, 0.15) is 41.8 Å². The first-order valence-corrected chi connectivity index (χ1v) is 7.55. The smallest absolute Gasteiger partial charge is 0.0931 e. The van der Waals surface area contributed by atoms with Crippen molar-refractivity contribution in [2.45, 2.75) is 45.6 Å². The lowest BCUT2D eigenvalue weighted by atomic mass is 10.1. The van der Waals surface area contributed by atoms with Crippen LogP contribution in [0.3, 0.4) is 0 Å². The van der Waals surface area contributed by atoms with Gasteiger partial charge in [-0.3, -0.25) is 4.90 Å². The molecule has 2 heterocycles. The van der Waals surface area contributed by atoms with Gasteiger partial charge in [-0.25, -0.2) is 4.98 Å². The quantitative estimate of drug-likeness (QED) is 0.790. The van der Waals surface area contributed by atoms with E-state index < -0.39 is 0 Å². The fraction of sp³-hybridized carbons (Fsp3) is 0.769.